The molecule has 2 aliphatic rings. The lowest BCUT2D eigenvalue weighted by Gasteiger charge is -2.31. The molecule has 0 aromatic heterocycles. The molecule has 0 saturated heterocycles. The molecule has 0 unspecified atom stereocenters. The van der Waals surface area contributed by atoms with Gasteiger partial charge in [0.25, 0.3) is 23.6 Å². The number of nitrogens with zero attached hydrogens (tertiary/aromatic N) is 2. The van der Waals surface area contributed by atoms with E-state index in [0.717, 1.165) is 107 Å². The first-order valence-corrected chi connectivity index (χ1v) is 27.2. The molecule has 0 radical (unpaired) electrons. The van der Waals surface area contributed by atoms with Gasteiger partial charge in [-0.25, -0.2) is 9.80 Å². The minimum absolute atomic E-state index is 0.365. The minimum Gasteiger partial charge on any atom is -0.489 e. The van der Waals surface area contributed by atoms with Crippen molar-refractivity contribution in [1.29, 1.82) is 0 Å². The summed E-state index contributed by atoms with van der Waals surface area (Å²) in [7, 11) is 0. The van der Waals surface area contributed by atoms with E-state index < -0.39 is 11.8 Å². The van der Waals surface area contributed by atoms with Crippen molar-refractivity contribution in [1.82, 2.24) is 0 Å². The summed E-state index contributed by atoms with van der Waals surface area (Å²) in [6.45, 7) is 14.1. The zero-order valence-corrected chi connectivity index (χ0v) is 43.5. The van der Waals surface area contributed by atoms with E-state index in [1.807, 2.05) is 81.4 Å². The van der Waals surface area contributed by atoms with E-state index in [1.54, 1.807) is 12.1 Å². The lowest BCUT2D eigenvalue weighted by Crippen LogP contribution is -2.40. The van der Waals surface area contributed by atoms with Gasteiger partial charge in [-0.1, -0.05) is 141 Å². The largest absolute Gasteiger partial charge is 0.489 e. The third-order valence-corrected chi connectivity index (χ3v) is 15.3. The number of rotatable bonds is 26. The van der Waals surface area contributed by atoms with Crippen LogP contribution in [0.3, 0.4) is 0 Å². The molecule has 0 N–H and O–H groups in total. The van der Waals surface area contributed by atoms with Crippen molar-refractivity contribution in [3.63, 3.8) is 0 Å². The number of imide groups is 2. The van der Waals surface area contributed by atoms with E-state index in [9.17, 15) is 9.59 Å². The van der Waals surface area contributed by atoms with Crippen LogP contribution in [-0.4, -0.2) is 43.4 Å². The molecule has 2 aliphatic heterocycles. The number of hydrogen-bond donors (Lipinski definition) is 0. The van der Waals surface area contributed by atoms with Crippen LogP contribution in [0.4, 0.5) is 11.4 Å². The van der Waals surface area contributed by atoms with Gasteiger partial charge in [-0.2, -0.15) is 0 Å². The first-order valence-electron chi connectivity index (χ1n) is 27.2. The monoisotopic (exact) mass is 969 g/mol. The van der Waals surface area contributed by atoms with E-state index >= 15 is 9.59 Å². The Balaban J connectivity index is 1.09. The van der Waals surface area contributed by atoms with Crippen LogP contribution < -0.4 is 24.0 Å². The van der Waals surface area contributed by atoms with Gasteiger partial charge < -0.3 is 14.2 Å². The van der Waals surface area contributed by atoms with Gasteiger partial charge >= 0.3 is 0 Å². The van der Waals surface area contributed by atoms with Crippen molar-refractivity contribution in [2.75, 3.05) is 29.6 Å². The summed E-state index contributed by atoms with van der Waals surface area (Å²) in [6.07, 6.45) is 20.1. The zero-order valence-electron chi connectivity index (χ0n) is 43.5. The smallest absolute Gasteiger partial charge is 0.265 e. The molecule has 0 spiro atoms. The molecule has 4 amide bonds. The molecule has 0 fully saturated rings. The number of benzene rings is 7. The number of ether oxygens (including phenoxy) is 3. The standard InChI is InChI=1S/C63H72N2O7/c1-7-10-13-16-19-22-33-70-53-38-44(39-54(71-34-23-20-17-14-11-8-2)59(53)72-35-24-21-18-15-12-9-3)65-62(68)51-31-27-47-45-25-29-49-57-50(61(67)64(60(49)66)43-36-40(4)42(6)41(5)37-43)30-26-46(55(45)57)48-28-32-52(63(65)69)58(51)56(47)48/h25-32,36-39H,7-24,33-35H2,1-6H3. The number of aryl methyl sites for hydroxylation is 2. The molecule has 0 aliphatic carbocycles. The van der Waals surface area contributed by atoms with Crippen molar-refractivity contribution in [3.05, 3.63) is 112 Å². The summed E-state index contributed by atoms with van der Waals surface area (Å²) in [6, 6.07) is 22.4. The quantitative estimate of drug-likeness (QED) is 0.0230. The third kappa shape index (κ3) is 9.64. The number of fused-ring (bicyclic) bond motifs is 2. The van der Waals surface area contributed by atoms with E-state index in [-0.39, 0.29) is 11.8 Å². The second-order valence-corrected chi connectivity index (χ2v) is 20.4. The fourth-order valence-corrected chi connectivity index (χ4v) is 11.1. The molecule has 376 valence electrons. The predicted molar refractivity (Wildman–Crippen MR) is 294 cm³/mol. The second kappa shape index (κ2) is 22.5. The Bertz CT molecular complexity index is 2990. The molecule has 9 heteroatoms. The molecule has 72 heavy (non-hydrogen) atoms. The zero-order chi connectivity index (χ0) is 50.5. The minimum atomic E-state index is -0.436. The highest BCUT2D eigenvalue weighted by Crippen LogP contribution is 2.49. The lowest BCUT2D eigenvalue weighted by molar-refractivity contribution is 0.0877. The van der Waals surface area contributed by atoms with Crippen molar-refractivity contribution in [2.45, 2.75) is 157 Å². The number of carbonyl (C=O) groups excluding carboxylic acids is 4. The van der Waals surface area contributed by atoms with Crippen LogP contribution in [0.1, 0.15) is 194 Å². The number of anilines is 2. The van der Waals surface area contributed by atoms with E-state index in [0.29, 0.717) is 81.5 Å². The van der Waals surface area contributed by atoms with Crippen molar-refractivity contribution in [2.24, 2.45) is 0 Å². The van der Waals surface area contributed by atoms with Gasteiger partial charge in [0.2, 0.25) is 5.75 Å². The number of unbranched alkanes of at least 4 members (excludes halogenated alkanes) is 15. The highest BCUT2D eigenvalue weighted by atomic mass is 16.5. The van der Waals surface area contributed by atoms with Gasteiger partial charge in [0, 0.05) is 45.2 Å². The molecule has 0 atom stereocenters. The molecular formula is C63H72N2O7. The highest BCUT2D eigenvalue weighted by molar-refractivity contribution is 6.45. The summed E-state index contributed by atoms with van der Waals surface area (Å²) >= 11 is 0. The first-order chi connectivity index (χ1) is 35.1. The van der Waals surface area contributed by atoms with Crippen molar-refractivity contribution < 1.29 is 33.4 Å². The van der Waals surface area contributed by atoms with Gasteiger partial charge in [0.05, 0.1) is 31.2 Å². The average molecular weight is 969 g/mol. The second-order valence-electron chi connectivity index (χ2n) is 20.4. The summed E-state index contributed by atoms with van der Waals surface area (Å²) in [5.74, 6) is -0.129. The van der Waals surface area contributed by atoms with Crippen molar-refractivity contribution >= 4 is 78.1 Å². The maximum Gasteiger partial charge on any atom is 0.265 e. The van der Waals surface area contributed by atoms with Crippen LogP contribution in [0.25, 0.3) is 43.1 Å². The van der Waals surface area contributed by atoms with Crippen LogP contribution >= 0.6 is 0 Å². The Kier molecular flexibility index (Phi) is 15.8. The summed E-state index contributed by atoms with van der Waals surface area (Å²) in [5, 5.41) is 6.19. The number of amides is 4. The molecule has 9 rings (SSSR count). The topological polar surface area (TPSA) is 102 Å². The van der Waals surface area contributed by atoms with Gasteiger partial charge in [0.1, 0.15) is 0 Å². The Morgan fingerprint density at radius 2 is 0.667 bits per heavy atom. The van der Waals surface area contributed by atoms with Gasteiger partial charge in [-0.3, -0.25) is 19.2 Å². The fraction of sp³-hybridized carbons (Fsp3) is 0.429. The maximum atomic E-state index is 15.1. The third-order valence-electron chi connectivity index (χ3n) is 15.3. The normalized spacial score (nSPS) is 13.5. The molecule has 0 bridgehead atoms. The van der Waals surface area contributed by atoms with E-state index in [2.05, 4.69) is 20.8 Å². The van der Waals surface area contributed by atoms with E-state index in [1.165, 1.54) is 67.6 Å². The number of hydrogen-bond acceptors (Lipinski definition) is 7. The van der Waals surface area contributed by atoms with Crippen LogP contribution in [-0.2, 0) is 0 Å². The Morgan fingerprint density at radius 1 is 0.361 bits per heavy atom. The maximum absolute atomic E-state index is 15.1. The van der Waals surface area contributed by atoms with Gasteiger partial charge in [-0.15, -0.1) is 0 Å². The molecule has 7 aromatic carbocycles. The molecule has 0 saturated carbocycles. The van der Waals surface area contributed by atoms with Crippen LogP contribution in [0.2, 0.25) is 0 Å². The van der Waals surface area contributed by atoms with Gasteiger partial charge in [0.15, 0.2) is 11.5 Å². The summed E-state index contributed by atoms with van der Waals surface area (Å²) in [5.41, 5.74) is 5.81. The molecule has 9 nitrogen and oxygen atoms in total. The predicted octanol–water partition coefficient (Wildman–Crippen LogP) is 16.5. The SMILES string of the molecule is CCCCCCCCOc1cc(N2C(=O)c3ccc4c5ccc6c7c(ccc(c8ccc(c3c48)C2=O)c75)C(=O)N(c2cc(C)c(C)c(C)c2)C6=O)cc(OCCCCCCCC)c1OCCCCCCCC. The fourth-order valence-electron chi connectivity index (χ4n) is 11.1. The first kappa shape index (κ1) is 50.5. The summed E-state index contributed by atoms with van der Waals surface area (Å²) in [4.78, 5) is 61.6. The van der Waals surface area contributed by atoms with Crippen LogP contribution in [0, 0.1) is 20.8 Å². The van der Waals surface area contributed by atoms with Crippen LogP contribution in [0.5, 0.6) is 17.2 Å². The molecular weight excluding hydrogens is 897 g/mol. The molecule has 7 aromatic rings. The Hall–Kier alpha value is -6.48. The molecule has 2 heterocycles. The van der Waals surface area contributed by atoms with Crippen molar-refractivity contribution in [3.8, 4) is 17.2 Å². The number of carbonyl (C=O) groups is 4. The summed E-state index contributed by atoms with van der Waals surface area (Å²) < 4.78 is 19.8. The van der Waals surface area contributed by atoms with E-state index in [4.69, 9.17) is 14.2 Å². The Labute approximate surface area is 425 Å². The van der Waals surface area contributed by atoms with Gasteiger partial charge in [-0.05, 0) is 125 Å². The van der Waals surface area contributed by atoms with Crippen LogP contribution in [0.15, 0.2) is 72.8 Å². The average Bonchev–Trinajstić information content (AvgIpc) is 3.38. The Morgan fingerprint density at radius 3 is 1.01 bits per heavy atom. The lowest BCUT2D eigenvalue weighted by atomic mass is 9.82. The highest BCUT2D eigenvalue weighted by Gasteiger charge is 2.39.